The molecule has 0 spiro atoms. The fourth-order valence-electron chi connectivity index (χ4n) is 2.08. The summed E-state index contributed by atoms with van der Waals surface area (Å²) < 4.78 is 2.16. The van der Waals surface area contributed by atoms with E-state index in [9.17, 15) is 0 Å². The number of aromatic nitrogens is 2. The van der Waals surface area contributed by atoms with Gasteiger partial charge in [-0.2, -0.15) is 0 Å². The average molecular weight is 401 g/mol. The molecule has 0 aliphatic carbocycles. The quantitative estimate of drug-likeness (QED) is 0.325. The van der Waals surface area contributed by atoms with Gasteiger partial charge >= 0.3 is 0 Å². The zero-order valence-electron chi connectivity index (χ0n) is 12.5. The van der Waals surface area contributed by atoms with Crippen LogP contribution in [0.25, 0.3) is 11.0 Å². The van der Waals surface area contributed by atoms with E-state index in [1.165, 1.54) is 5.52 Å². The predicted molar refractivity (Wildman–Crippen MR) is 99.2 cm³/mol. The molecule has 0 aliphatic heterocycles. The summed E-state index contributed by atoms with van der Waals surface area (Å²) in [5, 5.41) is 3.12. The van der Waals surface area contributed by atoms with Crippen LogP contribution in [0.1, 0.15) is 26.2 Å². The van der Waals surface area contributed by atoms with Crippen LogP contribution in [-0.2, 0) is 6.54 Å². The van der Waals surface area contributed by atoms with Crippen LogP contribution < -0.4 is 11.1 Å². The minimum absolute atomic E-state index is 0. The first-order valence-electron chi connectivity index (χ1n) is 7.25. The number of hydrogen-bond acceptors (Lipinski definition) is 2. The lowest BCUT2D eigenvalue weighted by Gasteiger charge is -2.05. The van der Waals surface area contributed by atoms with Crippen molar-refractivity contribution in [3.8, 4) is 0 Å². The topological polar surface area (TPSA) is 68.2 Å². The lowest BCUT2D eigenvalue weighted by Crippen LogP contribution is -2.32. The molecule has 0 fully saturated rings. The number of hydrogen-bond donors (Lipinski definition) is 2. The van der Waals surface area contributed by atoms with Gasteiger partial charge in [0.05, 0.1) is 17.4 Å². The fraction of sp³-hybridized carbons (Fsp3) is 0.467. The van der Waals surface area contributed by atoms with Crippen LogP contribution in [0.4, 0.5) is 0 Å². The summed E-state index contributed by atoms with van der Waals surface area (Å²) in [5.74, 6) is 0.550. The number of rotatable bonds is 7. The predicted octanol–water partition coefficient (Wildman–Crippen LogP) is 2.75. The summed E-state index contributed by atoms with van der Waals surface area (Å²) in [5.41, 5.74) is 7.99. The number of fused-ring (bicyclic) bond motifs is 1. The SMILES string of the molecule is CCCCNC(N)=NCCCn1cnc2ccccc21.I. The number of nitrogens with zero attached hydrogens (tertiary/aromatic N) is 3. The molecule has 5 nitrogen and oxygen atoms in total. The highest BCUT2D eigenvalue weighted by Crippen LogP contribution is 2.11. The van der Waals surface area contributed by atoms with E-state index in [0.29, 0.717) is 5.96 Å². The van der Waals surface area contributed by atoms with Gasteiger partial charge in [0.2, 0.25) is 0 Å². The summed E-state index contributed by atoms with van der Waals surface area (Å²) in [6, 6.07) is 8.16. The van der Waals surface area contributed by atoms with E-state index in [-0.39, 0.29) is 24.0 Å². The van der Waals surface area contributed by atoms with Gasteiger partial charge in [-0.1, -0.05) is 25.5 Å². The van der Waals surface area contributed by atoms with Crippen molar-refractivity contribution >= 4 is 41.0 Å². The molecule has 1 aromatic heterocycles. The van der Waals surface area contributed by atoms with Gasteiger partial charge in [-0.15, -0.1) is 24.0 Å². The van der Waals surface area contributed by atoms with Crippen molar-refractivity contribution in [1.82, 2.24) is 14.9 Å². The second kappa shape index (κ2) is 9.59. The highest BCUT2D eigenvalue weighted by Gasteiger charge is 2.00. The van der Waals surface area contributed by atoms with E-state index in [2.05, 4.69) is 32.9 Å². The monoisotopic (exact) mass is 401 g/mol. The lowest BCUT2D eigenvalue weighted by atomic mass is 10.3. The largest absolute Gasteiger partial charge is 0.370 e. The van der Waals surface area contributed by atoms with Crippen LogP contribution in [0.5, 0.6) is 0 Å². The molecule has 1 aromatic carbocycles. The third-order valence-electron chi connectivity index (χ3n) is 3.20. The number of guanidine groups is 1. The van der Waals surface area contributed by atoms with E-state index in [0.717, 1.165) is 44.4 Å². The number of aliphatic imine (C=N–C) groups is 1. The van der Waals surface area contributed by atoms with Crippen LogP contribution >= 0.6 is 24.0 Å². The number of nitrogens with two attached hydrogens (primary N) is 1. The zero-order valence-corrected chi connectivity index (χ0v) is 14.8. The number of unbranched alkanes of at least 4 members (excludes halogenated alkanes) is 1. The molecule has 0 atom stereocenters. The zero-order chi connectivity index (χ0) is 14.2. The Bertz CT molecular complexity index is 564. The molecule has 0 radical (unpaired) electrons. The summed E-state index contributed by atoms with van der Waals surface area (Å²) >= 11 is 0. The van der Waals surface area contributed by atoms with Gasteiger partial charge in [0.1, 0.15) is 0 Å². The van der Waals surface area contributed by atoms with E-state index in [4.69, 9.17) is 5.73 Å². The van der Waals surface area contributed by atoms with E-state index < -0.39 is 0 Å². The Hall–Kier alpha value is -1.31. The van der Waals surface area contributed by atoms with E-state index in [1.807, 2.05) is 24.5 Å². The van der Waals surface area contributed by atoms with Gasteiger partial charge in [0.15, 0.2) is 5.96 Å². The molecule has 0 unspecified atom stereocenters. The molecule has 116 valence electrons. The second-order valence-electron chi connectivity index (χ2n) is 4.83. The minimum atomic E-state index is 0. The fourth-order valence-corrected chi connectivity index (χ4v) is 2.08. The molecule has 3 N–H and O–H groups in total. The van der Waals surface area contributed by atoms with E-state index in [1.54, 1.807) is 0 Å². The Labute approximate surface area is 143 Å². The first kappa shape index (κ1) is 17.7. The maximum Gasteiger partial charge on any atom is 0.188 e. The number of benzene rings is 1. The molecule has 0 saturated carbocycles. The maximum atomic E-state index is 5.78. The van der Waals surface area contributed by atoms with Crippen molar-refractivity contribution in [2.24, 2.45) is 10.7 Å². The van der Waals surface area contributed by atoms with Crippen LogP contribution in [0.3, 0.4) is 0 Å². The molecule has 21 heavy (non-hydrogen) atoms. The summed E-state index contributed by atoms with van der Waals surface area (Å²) in [4.78, 5) is 8.70. The standard InChI is InChI=1S/C15H23N5.HI/c1-2-3-9-17-15(16)18-10-6-11-20-12-19-13-7-4-5-8-14(13)20;/h4-5,7-8,12H,2-3,6,9-11H2,1H3,(H3,16,17,18);1H. The highest BCUT2D eigenvalue weighted by atomic mass is 127. The Morgan fingerprint density at radius 1 is 1.33 bits per heavy atom. The van der Waals surface area contributed by atoms with Crippen LogP contribution in [-0.4, -0.2) is 28.6 Å². The first-order valence-corrected chi connectivity index (χ1v) is 7.25. The van der Waals surface area contributed by atoms with Gasteiger partial charge in [0.25, 0.3) is 0 Å². The third-order valence-corrected chi connectivity index (χ3v) is 3.20. The summed E-state index contributed by atoms with van der Waals surface area (Å²) in [6.45, 7) is 4.70. The first-order chi connectivity index (χ1) is 9.81. The molecular weight excluding hydrogens is 377 g/mol. The van der Waals surface area contributed by atoms with Gasteiger partial charge in [-0.25, -0.2) is 4.98 Å². The van der Waals surface area contributed by atoms with Gasteiger partial charge in [-0.3, -0.25) is 4.99 Å². The number of para-hydroxylation sites is 2. The molecule has 1 heterocycles. The Morgan fingerprint density at radius 2 is 2.14 bits per heavy atom. The normalized spacial score (nSPS) is 11.4. The number of aryl methyl sites for hydroxylation is 1. The van der Waals surface area contributed by atoms with Crippen molar-refractivity contribution < 1.29 is 0 Å². The Morgan fingerprint density at radius 3 is 2.95 bits per heavy atom. The number of halogens is 1. The van der Waals surface area contributed by atoms with Gasteiger partial charge in [0, 0.05) is 19.6 Å². The number of imidazole rings is 1. The molecule has 0 saturated heterocycles. The smallest absolute Gasteiger partial charge is 0.188 e. The molecule has 2 rings (SSSR count). The Balaban J connectivity index is 0.00000220. The van der Waals surface area contributed by atoms with Crippen molar-refractivity contribution in [2.45, 2.75) is 32.7 Å². The summed E-state index contributed by atoms with van der Waals surface area (Å²) in [6.07, 6.45) is 5.12. The maximum absolute atomic E-state index is 5.78. The number of nitrogens with one attached hydrogen (secondary N) is 1. The third kappa shape index (κ3) is 5.53. The summed E-state index contributed by atoms with van der Waals surface area (Å²) in [7, 11) is 0. The van der Waals surface area contributed by atoms with Crippen molar-refractivity contribution in [3.63, 3.8) is 0 Å². The van der Waals surface area contributed by atoms with Gasteiger partial charge < -0.3 is 15.6 Å². The lowest BCUT2D eigenvalue weighted by molar-refractivity contribution is 0.663. The highest BCUT2D eigenvalue weighted by molar-refractivity contribution is 14.0. The van der Waals surface area contributed by atoms with Crippen LogP contribution in [0.15, 0.2) is 35.6 Å². The van der Waals surface area contributed by atoms with Crippen LogP contribution in [0, 0.1) is 0 Å². The van der Waals surface area contributed by atoms with E-state index >= 15 is 0 Å². The molecule has 0 bridgehead atoms. The molecule has 2 aromatic rings. The molecule has 6 heteroatoms. The van der Waals surface area contributed by atoms with Gasteiger partial charge in [-0.05, 0) is 25.0 Å². The minimum Gasteiger partial charge on any atom is -0.370 e. The Kier molecular flexibility index (Phi) is 8.11. The van der Waals surface area contributed by atoms with Crippen molar-refractivity contribution in [2.75, 3.05) is 13.1 Å². The molecule has 0 amide bonds. The van der Waals surface area contributed by atoms with Crippen molar-refractivity contribution in [1.29, 1.82) is 0 Å². The van der Waals surface area contributed by atoms with Crippen molar-refractivity contribution in [3.05, 3.63) is 30.6 Å². The second-order valence-corrected chi connectivity index (χ2v) is 4.83. The van der Waals surface area contributed by atoms with Crippen LogP contribution in [0.2, 0.25) is 0 Å². The average Bonchev–Trinajstić information content (AvgIpc) is 2.87. The molecular formula is C15H24IN5. The molecule has 0 aliphatic rings.